The highest BCUT2D eigenvalue weighted by molar-refractivity contribution is 5.78. The number of methoxy groups -OCH3 is 2. The number of rotatable bonds is 8. The van der Waals surface area contributed by atoms with Gasteiger partial charge in [0.1, 0.15) is 0 Å². The predicted molar refractivity (Wildman–Crippen MR) is 79.4 cm³/mol. The van der Waals surface area contributed by atoms with Gasteiger partial charge in [-0.3, -0.25) is 4.79 Å². The van der Waals surface area contributed by atoms with Crippen LogP contribution in [-0.2, 0) is 11.2 Å². The molecule has 1 aromatic carbocycles. The van der Waals surface area contributed by atoms with E-state index in [1.54, 1.807) is 19.1 Å². The highest BCUT2D eigenvalue weighted by Crippen LogP contribution is 2.27. The number of nitrogens with one attached hydrogen (secondary N) is 1. The van der Waals surface area contributed by atoms with Crippen LogP contribution in [0, 0.1) is 0 Å². The fourth-order valence-corrected chi connectivity index (χ4v) is 1.92. The van der Waals surface area contributed by atoms with Crippen molar-refractivity contribution in [3.05, 3.63) is 23.8 Å². The average Bonchev–Trinajstić information content (AvgIpc) is 2.47. The minimum atomic E-state index is 0.105. The highest BCUT2D eigenvalue weighted by atomic mass is 16.5. The monoisotopic (exact) mass is 280 g/mol. The fraction of sp³-hybridized carbons (Fsp3) is 0.533. The number of likely N-dealkylation sites (N-methyl/N-ethyl adjacent to an activating group) is 1. The summed E-state index contributed by atoms with van der Waals surface area (Å²) in [6.45, 7) is 1.67. The molecule has 0 aliphatic rings. The van der Waals surface area contributed by atoms with Crippen LogP contribution in [0.5, 0.6) is 11.5 Å². The molecule has 0 heterocycles. The molecule has 0 saturated carbocycles. The van der Waals surface area contributed by atoms with Crippen molar-refractivity contribution in [2.24, 2.45) is 0 Å². The van der Waals surface area contributed by atoms with E-state index in [2.05, 4.69) is 5.32 Å². The molecular formula is C15H24N2O3. The molecule has 1 amide bonds. The SMILES string of the molecule is CNCCCN(C)C(=O)Cc1ccc(OC)c(OC)c1. The van der Waals surface area contributed by atoms with Gasteiger partial charge in [0.25, 0.3) is 0 Å². The zero-order valence-electron chi connectivity index (χ0n) is 12.7. The lowest BCUT2D eigenvalue weighted by atomic mass is 10.1. The van der Waals surface area contributed by atoms with Crippen LogP contribution in [0.25, 0.3) is 0 Å². The van der Waals surface area contributed by atoms with Gasteiger partial charge < -0.3 is 19.7 Å². The predicted octanol–water partition coefficient (Wildman–Crippen LogP) is 1.31. The maximum absolute atomic E-state index is 12.1. The summed E-state index contributed by atoms with van der Waals surface area (Å²) in [5.74, 6) is 1.43. The van der Waals surface area contributed by atoms with Crippen LogP contribution in [0.3, 0.4) is 0 Å². The Kier molecular flexibility index (Phi) is 6.87. The molecule has 0 radical (unpaired) electrons. The van der Waals surface area contributed by atoms with Crippen molar-refractivity contribution in [2.75, 3.05) is 41.4 Å². The molecular weight excluding hydrogens is 256 g/mol. The third-order valence-corrected chi connectivity index (χ3v) is 3.15. The first kappa shape index (κ1) is 16.3. The lowest BCUT2D eigenvalue weighted by Crippen LogP contribution is -2.30. The second-order valence-electron chi connectivity index (χ2n) is 4.64. The lowest BCUT2D eigenvalue weighted by Gasteiger charge is -2.17. The number of carbonyl (C=O) groups is 1. The van der Waals surface area contributed by atoms with E-state index in [1.165, 1.54) is 0 Å². The van der Waals surface area contributed by atoms with Crippen LogP contribution in [-0.4, -0.2) is 52.2 Å². The van der Waals surface area contributed by atoms with E-state index in [0.717, 1.165) is 25.1 Å². The first-order valence-electron chi connectivity index (χ1n) is 6.71. The molecule has 0 aliphatic carbocycles. The summed E-state index contributed by atoms with van der Waals surface area (Å²) >= 11 is 0. The fourth-order valence-electron chi connectivity index (χ4n) is 1.92. The number of hydrogen-bond donors (Lipinski definition) is 1. The number of hydrogen-bond acceptors (Lipinski definition) is 4. The Labute approximate surface area is 120 Å². The van der Waals surface area contributed by atoms with Crippen LogP contribution in [0.1, 0.15) is 12.0 Å². The van der Waals surface area contributed by atoms with Gasteiger partial charge in [0.15, 0.2) is 11.5 Å². The van der Waals surface area contributed by atoms with Gasteiger partial charge in [-0.05, 0) is 37.7 Å². The van der Waals surface area contributed by atoms with Gasteiger partial charge in [0.05, 0.1) is 20.6 Å². The number of ether oxygens (including phenoxy) is 2. The summed E-state index contributed by atoms with van der Waals surface area (Å²) in [6, 6.07) is 5.56. The maximum Gasteiger partial charge on any atom is 0.226 e. The first-order chi connectivity index (χ1) is 9.62. The van der Waals surface area contributed by atoms with Crippen molar-refractivity contribution in [3.63, 3.8) is 0 Å². The van der Waals surface area contributed by atoms with Crippen LogP contribution in [0.4, 0.5) is 0 Å². The van der Waals surface area contributed by atoms with Gasteiger partial charge >= 0.3 is 0 Å². The van der Waals surface area contributed by atoms with E-state index in [4.69, 9.17) is 9.47 Å². The maximum atomic E-state index is 12.1. The molecule has 0 aromatic heterocycles. The Bertz CT molecular complexity index is 435. The summed E-state index contributed by atoms with van der Waals surface area (Å²) < 4.78 is 10.4. The summed E-state index contributed by atoms with van der Waals surface area (Å²) in [7, 11) is 6.93. The van der Waals surface area contributed by atoms with Gasteiger partial charge in [0.2, 0.25) is 5.91 Å². The van der Waals surface area contributed by atoms with Crippen molar-refractivity contribution < 1.29 is 14.3 Å². The molecule has 1 aromatic rings. The normalized spacial score (nSPS) is 10.2. The summed E-state index contributed by atoms with van der Waals surface area (Å²) in [5, 5.41) is 3.07. The topological polar surface area (TPSA) is 50.8 Å². The van der Waals surface area contributed by atoms with E-state index in [9.17, 15) is 4.79 Å². The Balaban J connectivity index is 2.61. The Hall–Kier alpha value is -1.75. The third-order valence-electron chi connectivity index (χ3n) is 3.15. The molecule has 0 atom stereocenters. The second kappa shape index (κ2) is 8.43. The molecule has 5 nitrogen and oxygen atoms in total. The zero-order chi connectivity index (χ0) is 15.0. The first-order valence-corrected chi connectivity index (χ1v) is 6.71. The van der Waals surface area contributed by atoms with Crippen LogP contribution < -0.4 is 14.8 Å². The minimum Gasteiger partial charge on any atom is -0.493 e. The third kappa shape index (κ3) is 4.74. The van der Waals surface area contributed by atoms with Crippen molar-refractivity contribution >= 4 is 5.91 Å². The Morgan fingerprint density at radius 3 is 2.55 bits per heavy atom. The van der Waals surface area contributed by atoms with Crippen molar-refractivity contribution in [1.82, 2.24) is 10.2 Å². The van der Waals surface area contributed by atoms with Crippen LogP contribution >= 0.6 is 0 Å². The molecule has 0 fully saturated rings. The minimum absolute atomic E-state index is 0.105. The van der Waals surface area contributed by atoms with Gasteiger partial charge in [0, 0.05) is 13.6 Å². The molecule has 1 rings (SSSR count). The standard InChI is InChI=1S/C15H24N2O3/c1-16-8-5-9-17(2)15(18)11-12-6-7-13(19-3)14(10-12)20-4/h6-7,10,16H,5,8-9,11H2,1-4H3. The van der Waals surface area contributed by atoms with E-state index in [0.29, 0.717) is 17.9 Å². The van der Waals surface area contributed by atoms with E-state index in [-0.39, 0.29) is 5.91 Å². The van der Waals surface area contributed by atoms with E-state index >= 15 is 0 Å². The van der Waals surface area contributed by atoms with Crippen molar-refractivity contribution in [2.45, 2.75) is 12.8 Å². The summed E-state index contributed by atoms with van der Waals surface area (Å²) in [6.07, 6.45) is 1.32. The zero-order valence-corrected chi connectivity index (χ0v) is 12.7. The Morgan fingerprint density at radius 2 is 1.95 bits per heavy atom. The number of nitrogens with zero attached hydrogens (tertiary/aromatic N) is 1. The van der Waals surface area contributed by atoms with Gasteiger partial charge in [-0.15, -0.1) is 0 Å². The molecule has 5 heteroatoms. The molecule has 0 spiro atoms. The molecule has 0 saturated heterocycles. The largest absolute Gasteiger partial charge is 0.493 e. The molecule has 1 N–H and O–H groups in total. The van der Waals surface area contributed by atoms with E-state index in [1.807, 2.05) is 32.3 Å². The number of amides is 1. The van der Waals surface area contributed by atoms with Gasteiger partial charge in [-0.1, -0.05) is 6.07 Å². The molecule has 0 aliphatic heterocycles. The van der Waals surface area contributed by atoms with Gasteiger partial charge in [-0.25, -0.2) is 0 Å². The Morgan fingerprint density at radius 1 is 1.25 bits per heavy atom. The van der Waals surface area contributed by atoms with Crippen molar-refractivity contribution in [3.8, 4) is 11.5 Å². The van der Waals surface area contributed by atoms with E-state index < -0.39 is 0 Å². The van der Waals surface area contributed by atoms with Crippen LogP contribution in [0.2, 0.25) is 0 Å². The van der Waals surface area contributed by atoms with Crippen molar-refractivity contribution in [1.29, 1.82) is 0 Å². The second-order valence-corrected chi connectivity index (χ2v) is 4.64. The quantitative estimate of drug-likeness (QED) is 0.730. The average molecular weight is 280 g/mol. The smallest absolute Gasteiger partial charge is 0.226 e. The molecule has 0 unspecified atom stereocenters. The van der Waals surface area contributed by atoms with Gasteiger partial charge in [-0.2, -0.15) is 0 Å². The molecule has 20 heavy (non-hydrogen) atoms. The summed E-state index contributed by atoms with van der Waals surface area (Å²) in [4.78, 5) is 13.9. The molecule has 112 valence electrons. The summed E-state index contributed by atoms with van der Waals surface area (Å²) in [5.41, 5.74) is 0.924. The van der Waals surface area contributed by atoms with Crippen LogP contribution in [0.15, 0.2) is 18.2 Å². The number of benzene rings is 1. The molecule has 0 bridgehead atoms. The highest BCUT2D eigenvalue weighted by Gasteiger charge is 2.11. The lowest BCUT2D eigenvalue weighted by molar-refractivity contribution is -0.129. The number of carbonyl (C=O) groups excluding carboxylic acids is 1.